The highest BCUT2D eigenvalue weighted by Gasteiger charge is 2.20. The number of rotatable bonds is 3. The van der Waals surface area contributed by atoms with E-state index in [0.717, 1.165) is 30.9 Å². The second kappa shape index (κ2) is 4.63. The Hall–Kier alpha value is -1.40. The number of hydrogen-bond donors (Lipinski definition) is 3. The molecule has 0 bridgehead atoms. The van der Waals surface area contributed by atoms with Crippen molar-refractivity contribution in [3.63, 3.8) is 0 Å². The quantitative estimate of drug-likeness (QED) is 0.500. The number of hydrogen-bond acceptors (Lipinski definition) is 6. The lowest BCUT2D eigenvalue weighted by molar-refractivity contribution is 0.414. The average Bonchev–Trinajstić information content (AvgIpc) is 2.67. The molecule has 2 heterocycles. The molecule has 88 valence electrons. The maximum atomic E-state index is 5.37. The van der Waals surface area contributed by atoms with E-state index >= 15 is 0 Å². The molecule has 16 heavy (non-hydrogen) atoms. The second-order valence-corrected chi connectivity index (χ2v) is 4.23. The number of nitrogens with one attached hydrogen (secondary N) is 2. The predicted molar refractivity (Wildman–Crippen MR) is 64.1 cm³/mol. The lowest BCUT2D eigenvalue weighted by Gasteiger charge is -2.16. The zero-order valence-electron chi connectivity index (χ0n) is 9.70. The van der Waals surface area contributed by atoms with Crippen LogP contribution < -0.4 is 16.6 Å². The van der Waals surface area contributed by atoms with Crippen LogP contribution in [0, 0.1) is 6.92 Å². The largest absolute Gasteiger partial charge is 0.366 e. The molecule has 1 fully saturated rings. The molecule has 1 aromatic heterocycles. The molecule has 0 aromatic carbocycles. The van der Waals surface area contributed by atoms with Crippen molar-refractivity contribution in [2.24, 2.45) is 5.84 Å². The summed E-state index contributed by atoms with van der Waals surface area (Å²) in [6.45, 7) is 4.13. The third-order valence-electron chi connectivity index (χ3n) is 2.95. The first-order valence-corrected chi connectivity index (χ1v) is 5.44. The molecule has 1 aliphatic heterocycles. The fourth-order valence-corrected chi connectivity index (χ4v) is 1.99. The third kappa shape index (κ3) is 2.23. The summed E-state index contributed by atoms with van der Waals surface area (Å²) < 4.78 is 0. The molecule has 6 heteroatoms. The maximum absolute atomic E-state index is 5.37. The van der Waals surface area contributed by atoms with Gasteiger partial charge in [0.15, 0.2) is 0 Å². The summed E-state index contributed by atoms with van der Waals surface area (Å²) in [6.07, 6.45) is 2.66. The van der Waals surface area contributed by atoms with E-state index < -0.39 is 0 Å². The van der Waals surface area contributed by atoms with Crippen molar-refractivity contribution in [2.45, 2.75) is 19.4 Å². The van der Waals surface area contributed by atoms with Gasteiger partial charge in [0, 0.05) is 18.2 Å². The Bertz CT molecular complexity index is 366. The van der Waals surface area contributed by atoms with Crippen LogP contribution >= 0.6 is 0 Å². The van der Waals surface area contributed by atoms with Crippen LogP contribution in [0.4, 0.5) is 11.6 Å². The first kappa shape index (κ1) is 11.1. The van der Waals surface area contributed by atoms with Gasteiger partial charge >= 0.3 is 0 Å². The number of likely N-dealkylation sites (tertiary alicyclic amines) is 1. The zero-order chi connectivity index (χ0) is 11.5. The van der Waals surface area contributed by atoms with Crippen LogP contribution in [-0.2, 0) is 0 Å². The Kier molecular flexibility index (Phi) is 3.21. The van der Waals surface area contributed by atoms with Crippen molar-refractivity contribution >= 4 is 11.6 Å². The molecular formula is C10H18N6. The second-order valence-electron chi connectivity index (χ2n) is 4.23. The van der Waals surface area contributed by atoms with Crippen molar-refractivity contribution in [1.82, 2.24) is 14.9 Å². The molecular weight excluding hydrogens is 204 g/mol. The first-order valence-electron chi connectivity index (χ1n) is 5.44. The fraction of sp³-hybridized carbons (Fsp3) is 0.600. The van der Waals surface area contributed by atoms with Gasteiger partial charge in [0.2, 0.25) is 0 Å². The molecule has 2 rings (SSSR count). The van der Waals surface area contributed by atoms with Crippen LogP contribution in [0.25, 0.3) is 0 Å². The van der Waals surface area contributed by atoms with E-state index in [1.165, 1.54) is 6.33 Å². The Morgan fingerprint density at radius 1 is 1.44 bits per heavy atom. The number of hydrazine groups is 1. The van der Waals surface area contributed by atoms with Gasteiger partial charge in [-0.2, -0.15) is 0 Å². The summed E-state index contributed by atoms with van der Waals surface area (Å²) in [5, 5.41) is 3.43. The Morgan fingerprint density at radius 2 is 2.19 bits per heavy atom. The smallest absolute Gasteiger partial charge is 0.148 e. The highest BCUT2D eigenvalue weighted by molar-refractivity contribution is 5.56. The van der Waals surface area contributed by atoms with Crippen LogP contribution in [0.3, 0.4) is 0 Å². The van der Waals surface area contributed by atoms with Crippen molar-refractivity contribution < 1.29 is 0 Å². The molecule has 0 saturated carbocycles. The van der Waals surface area contributed by atoms with E-state index in [-0.39, 0.29) is 0 Å². The van der Waals surface area contributed by atoms with Crippen molar-refractivity contribution in [2.75, 3.05) is 30.9 Å². The minimum absolute atomic E-state index is 0.462. The third-order valence-corrected chi connectivity index (χ3v) is 2.95. The van der Waals surface area contributed by atoms with Gasteiger partial charge in [0.25, 0.3) is 0 Å². The Balaban J connectivity index is 2.09. The average molecular weight is 222 g/mol. The summed E-state index contributed by atoms with van der Waals surface area (Å²) in [5.41, 5.74) is 3.53. The highest BCUT2D eigenvalue weighted by Crippen LogP contribution is 2.20. The molecule has 1 aliphatic rings. The van der Waals surface area contributed by atoms with E-state index in [1.54, 1.807) is 0 Å². The molecule has 0 spiro atoms. The number of nitrogen functional groups attached to an aromatic ring is 1. The summed E-state index contributed by atoms with van der Waals surface area (Å²) in [7, 11) is 2.13. The van der Waals surface area contributed by atoms with E-state index in [4.69, 9.17) is 5.84 Å². The Morgan fingerprint density at radius 3 is 2.81 bits per heavy atom. The summed E-state index contributed by atoms with van der Waals surface area (Å²) in [5.74, 6) is 6.91. The standard InChI is InChI=1S/C10H18N6/c1-7-9(12-6-13-10(7)15-11)14-8-3-4-16(2)5-8/h6,8H,3-5,11H2,1-2H3,(H2,12,13,14,15). The van der Waals surface area contributed by atoms with Crippen molar-refractivity contribution in [3.8, 4) is 0 Å². The molecule has 0 radical (unpaired) electrons. The zero-order valence-corrected chi connectivity index (χ0v) is 9.70. The number of anilines is 2. The maximum Gasteiger partial charge on any atom is 0.148 e. The highest BCUT2D eigenvalue weighted by atomic mass is 15.3. The number of nitrogens with two attached hydrogens (primary N) is 1. The van der Waals surface area contributed by atoms with Crippen LogP contribution in [0.15, 0.2) is 6.33 Å². The number of aromatic nitrogens is 2. The molecule has 4 N–H and O–H groups in total. The van der Waals surface area contributed by atoms with E-state index in [9.17, 15) is 0 Å². The Labute approximate surface area is 95.2 Å². The van der Waals surface area contributed by atoms with Crippen LogP contribution in [0.2, 0.25) is 0 Å². The number of nitrogens with zero attached hydrogens (tertiary/aromatic N) is 3. The molecule has 1 aromatic rings. The van der Waals surface area contributed by atoms with Crippen molar-refractivity contribution in [3.05, 3.63) is 11.9 Å². The van der Waals surface area contributed by atoms with E-state index in [2.05, 4.69) is 32.7 Å². The molecule has 0 amide bonds. The summed E-state index contributed by atoms with van der Waals surface area (Å²) >= 11 is 0. The fourth-order valence-electron chi connectivity index (χ4n) is 1.99. The van der Waals surface area contributed by atoms with Gasteiger partial charge in [-0.1, -0.05) is 0 Å². The first-order chi connectivity index (χ1) is 7.70. The van der Waals surface area contributed by atoms with Gasteiger partial charge in [-0.25, -0.2) is 15.8 Å². The van der Waals surface area contributed by atoms with E-state index in [1.807, 2.05) is 6.92 Å². The summed E-state index contributed by atoms with van der Waals surface area (Å²) in [4.78, 5) is 10.6. The van der Waals surface area contributed by atoms with E-state index in [0.29, 0.717) is 11.9 Å². The molecule has 0 aliphatic carbocycles. The van der Waals surface area contributed by atoms with Crippen molar-refractivity contribution in [1.29, 1.82) is 0 Å². The summed E-state index contributed by atoms with van der Waals surface area (Å²) in [6, 6.07) is 0.462. The molecule has 6 nitrogen and oxygen atoms in total. The molecule has 1 unspecified atom stereocenters. The lowest BCUT2D eigenvalue weighted by atomic mass is 10.2. The van der Waals surface area contributed by atoms with Gasteiger partial charge in [0.1, 0.15) is 18.0 Å². The lowest BCUT2D eigenvalue weighted by Crippen LogP contribution is -2.25. The van der Waals surface area contributed by atoms with Gasteiger partial charge in [-0.3, -0.25) is 0 Å². The van der Waals surface area contributed by atoms with Gasteiger partial charge in [-0.15, -0.1) is 0 Å². The van der Waals surface area contributed by atoms with Crippen LogP contribution in [0.5, 0.6) is 0 Å². The minimum atomic E-state index is 0.462. The van der Waals surface area contributed by atoms with Gasteiger partial charge < -0.3 is 15.6 Å². The van der Waals surface area contributed by atoms with Gasteiger partial charge in [0.05, 0.1) is 0 Å². The minimum Gasteiger partial charge on any atom is -0.366 e. The predicted octanol–water partition coefficient (Wildman–Crippen LogP) is 0.187. The van der Waals surface area contributed by atoms with Crippen LogP contribution in [-0.4, -0.2) is 41.0 Å². The number of likely N-dealkylation sites (N-methyl/N-ethyl adjacent to an activating group) is 1. The SMILES string of the molecule is Cc1c(NN)ncnc1NC1CCN(C)C1. The van der Waals surface area contributed by atoms with Gasteiger partial charge in [-0.05, 0) is 26.9 Å². The van der Waals surface area contributed by atoms with Crippen LogP contribution in [0.1, 0.15) is 12.0 Å². The topological polar surface area (TPSA) is 79.1 Å². The monoisotopic (exact) mass is 222 g/mol. The molecule has 1 saturated heterocycles. The molecule has 1 atom stereocenters. The normalized spacial score (nSPS) is 21.1.